The Morgan fingerprint density at radius 1 is 1.18 bits per heavy atom. The van der Waals surface area contributed by atoms with Gasteiger partial charge in [-0.3, -0.25) is 13.9 Å². The highest BCUT2D eigenvalue weighted by molar-refractivity contribution is 5.75. The average molecular weight is 527 g/mol. The van der Waals surface area contributed by atoms with Crippen LogP contribution in [0.3, 0.4) is 0 Å². The number of piperidine rings is 1. The summed E-state index contributed by atoms with van der Waals surface area (Å²) in [5.41, 5.74) is 5.90. The van der Waals surface area contributed by atoms with Crippen LogP contribution in [0, 0.1) is 39.9 Å². The number of primary amides is 1. The van der Waals surface area contributed by atoms with E-state index in [2.05, 4.69) is 22.9 Å². The molecule has 4 rings (SSSR count). The number of amides is 1. The number of carbonyl (C=O) groups excluding carboxylic acids is 1. The number of benzene rings is 1. The Balaban J connectivity index is 1.95. The van der Waals surface area contributed by atoms with Gasteiger partial charge >= 0.3 is 6.09 Å². The smallest absolute Gasteiger partial charge is 0.404 e. The van der Waals surface area contributed by atoms with Crippen LogP contribution in [-0.2, 0) is 17.8 Å². The standard InChI is InChI=1S/C28H30N8O3/c1-5-6-13-34-22-24(32-21(16-30)36(25(22)37)17-19-11-8-7-10-18(19)15-29)33-27(34)35-14-9-12-20(39-26(31)38)23(35)28(2,3)4/h7-8,10-11,20,23H,9,12-14,17H2,1-4H3,(H2,31,38). The molecule has 0 aliphatic carbocycles. The molecule has 2 N–H and O–H groups in total. The fourth-order valence-electron chi connectivity index (χ4n) is 5.28. The number of aromatic nitrogens is 4. The minimum atomic E-state index is -0.845. The van der Waals surface area contributed by atoms with Crippen molar-refractivity contribution in [3.63, 3.8) is 0 Å². The number of nitrogens with zero attached hydrogens (tertiary/aromatic N) is 7. The second-order valence-corrected chi connectivity index (χ2v) is 10.4. The van der Waals surface area contributed by atoms with E-state index in [0.29, 0.717) is 36.5 Å². The van der Waals surface area contributed by atoms with Crippen molar-refractivity contribution in [2.75, 3.05) is 11.4 Å². The van der Waals surface area contributed by atoms with E-state index in [1.54, 1.807) is 35.8 Å². The summed E-state index contributed by atoms with van der Waals surface area (Å²) < 4.78 is 8.49. The largest absolute Gasteiger partial charge is 0.444 e. The summed E-state index contributed by atoms with van der Waals surface area (Å²) in [7, 11) is 0. The quantitative estimate of drug-likeness (QED) is 0.498. The van der Waals surface area contributed by atoms with E-state index >= 15 is 0 Å². The number of hydrogen-bond donors (Lipinski definition) is 1. The third-order valence-electron chi connectivity index (χ3n) is 6.81. The van der Waals surface area contributed by atoms with Gasteiger partial charge in [-0.05, 0) is 36.8 Å². The molecule has 0 bridgehead atoms. The van der Waals surface area contributed by atoms with Gasteiger partial charge in [0.15, 0.2) is 11.2 Å². The molecule has 0 radical (unpaired) electrons. The number of rotatable bonds is 5. The van der Waals surface area contributed by atoms with Crippen LogP contribution in [0.4, 0.5) is 10.7 Å². The van der Waals surface area contributed by atoms with Crippen LogP contribution in [0.1, 0.15) is 57.5 Å². The summed E-state index contributed by atoms with van der Waals surface area (Å²) in [5.74, 6) is 6.23. The molecule has 1 saturated heterocycles. The van der Waals surface area contributed by atoms with Crippen molar-refractivity contribution in [2.24, 2.45) is 11.1 Å². The van der Waals surface area contributed by atoms with E-state index in [0.717, 1.165) is 0 Å². The van der Waals surface area contributed by atoms with Crippen molar-refractivity contribution in [2.45, 2.75) is 65.8 Å². The van der Waals surface area contributed by atoms with Gasteiger partial charge in [0, 0.05) is 6.54 Å². The molecule has 3 aromatic rings. The second kappa shape index (κ2) is 10.9. The number of imidazole rings is 1. The summed E-state index contributed by atoms with van der Waals surface area (Å²) in [5, 5.41) is 19.4. The van der Waals surface area contributed by atoms with E-state index in [4.69, 9.17) is 15.5 Å². The Hall–Kier alpha value is -4.82. The molecule has 0 saturated carbocycles. The van der Waals surface area contributed by atoms with E-state index in [1.165, 1.54) is 4.57 Å². The zero-order chi connectivity index (χ0) is 28.3. The Labute approximate surface area is 226 Å². The highest BCUT2D eigenvalue weighted by Gasteiger charge is 2.43. The second-order valence-electron chi connectivity index (χ2n) is 10.4. The number of fused-ring (bicyclic) bond motifs is 1. The molecule has 2 unspecified atom stereocenters. The lowest BCUT2D eigenvalue weighted by molar-refractivity contribution is 0.0394. The lowest BCUT2D eigenvalue weighted by Gasteiger charge is -2.47. The van der Waals surface area contributed by atoms with Crippen LogP contribution in [0.25, 0.3) is 11.2 Å². The number of nitrogens with two attached hydrogens (primary N) is 1. The molecule has 0 spiro atoms. The van der Waals surface area contributed by atoms with Crippen molar-refractivity contribution in [1.82, 2.24) is 19.1 Å². The average Bonchev–Trinajstić information content (AvgIpc) is 3.26. The molecule has 39 heavy (non-hydrogen) atoms. The van der Waals surface area contributed by atoms with E-state index in [-0.39, 0.29) is 41.5 Å². The molecule has 1 aliphatic heterocycles. The van der Waals surface area contributed by atoms with Crippen molar-refractivity contribution < 1.29 is 9.53 Å². The van der Waals surface area contributed by atoms with Gasteiger partial charge in [0.25, 0.3) is 5.56 Å². The molecule has 11 nitrogen and oxygen atoms in total. The monoisotopic (exact) mass is 526 g/mol. The van der Waals surface area contributed by atoms with Crippen LogP contribution >= 0.6 is 0 Å². The van der Waals surface area contributed by atoms with Crippen molar-refractivity contribution >= 4 is 23.2 Å². The highest BCUT2D eigenvalue weighted by atomic mass is 16.6. The van der Waals surface area contributed by atoms with Crippen LogP contribution in [0.5, 0.6) is 0 Å². The first-order chi connectivity index (χ1) is 18.6. The van der Waals surface area contributed by atoms with E-state index in [1.807, 2.05) is 31.7 Å². The van der Waals surface area contributed by atoms with Gasteiger partial charge in [0.05, 0.1) is 30.8 Å². The SMILES string of the molecule is CC#CCn1c(N2CCCC(OC(N)=O)C2C(C)(C)C)nc2nc(C#N)n(Cc3ccccc3C#N)c(=O)c21. The van der Waals surface area contributed by atoms with Gasteiger partial charge in [0.1, 0.15) is 12.2 Å². The highest BCUT2D eigenvalue weighted by Crippen LogP contribution is 2.37. The maximum Gasteiger partial charge on any atom is 0.404 e. The maximum atomic E-state index is 14.0. The van der Waals surface area contributed by atoms with Crippen molar-refractivity contribution in [1.29, 1.82) is 10.5 Å². The molecule has 1 aromatic carbocycles. The summed E-state index contributed by atoms with van der Waals surface area (Å²) in [4.78, 5) is 36.9. The zero-order valence-corrected chi connectivity index (χ0v) is 22.4. The van der Waals surface area contributed by atoms with Crippen LogP contribution in [-0.4, -0.2) is 43.9 Å². The number of carbonyl (C=O) groups is 1. The van der Waals surface area contributed by atoms with Gasteiger partial charge in [-0.1, -0.05) is 44.9 Å². The minimum absolute atomic E-state index is 0.00275. The first-order valence-corrected chi connectivity index (χ1v) is 12.6. The van der Waals surface area contributed by atoms with Gasteiger partial charge in [-0.15, -0.1) is 5.92 Å². The number of anilines is 1. The van der Waals surface area contributed by atoms with Gasteiger partial charge in [0.2, 0.25) is 11.8 Å². The summed E-state index contributed by atoms with van der Waals surface area (Å²) in [6.45, 7) is 8.58. The molecule has 1 aliphatic rings. The Bertz CT molecular complexity index is 1620. The number of nitriles is 2. The van der Waals surface area contributed by atoms with E-state index in [9.17, 15) is 20.1 Å². The third-order valence-corrected chi connectivity index (χ3v) is 6.81. The van der Waals surface area contributed by atoms with Gasteiger partial charge < -0.3 is 15.4 Å². The minimum Gasteiger partial charge on any atom is -0.444 e. The normalized spacial score (nSPS) is 17.1. The number of hydrogen-bond acceptors (Lipinski definition) is 8. The molecular weight excluding hydrogens is 496 g/mol. The van der Waals surface area contributed by atoms with Crippen molar-refractivity contribution in [3.05, 3.63) is 51.6 Å². The molecular formula is C28H30N8O3. The van der Waals surface area contributed by atoms with Crippen LogP contribution in [0.2, 0.25) is 0 Å². The van der Waals surface area contributed by atoms with Crippen LogP contribution < -0.4 is 16.2 Å². The fraction of sp³-hybridized carbons (Fsp3) is 0.429. The third kappa shape index (κ3) is 5.28. The Morgan fingerprint density at radius 3 is 2.56 bits per heavy atom. The summed E-state index contributed by atoms with van der Waals surface area (Å²) in [6.07, 6.45) is 0.0169. The van der Waals surface area contributed by atoms with Crippen molar-refractivity contribution in [3.8, 4) is 24.0 Å². The molecule has 200 valence electrons. The Kier molecular flexibility index (Phi) is 7.60. The van der Waals surface area contributed by atoms with Crippen LogP contribution in [0.15, 0.2) is 29.1 Å². The lowest BCUT2D eigenvalue weighted by atomic mass is 9.79. The Morgan fingerprint density at radius 2 is 1.92 bits per heavy atom. The topological polar surface area (TPSA) is 156 Å². The van der Waals surface area contributed by atoms with Gasteiger partial charge in [-0.2, -0.15) is 20.5 Å². The molecule has 3 heterocycles. The van der Waals surface area contributed by atoms with E-state index < -0.39 is 17.8 Å². The molecule has 11 heteroatoms. The molecule has 2 aromatic heterocycles. The fourth-order valence-corrected chi connectivity index (χ4v) is 5.28. The predicted molar refractivity (Wildman–Crippen MR) is 144 cm³/mol. The molecule has 2 atom stereocenters. The summed E-state index contributed by atoms with van der Waals surface area (Å²) >= 11 is 0. The first kappa shape index (κ1) is 27.2. The molecule has 1 fully saturated rings. The maximum absolute atomic E-state index is 14.0. The lowest BCUT2D eigenvalue weighted by Crippen LogP contribution is -2.57. The van der Waals surface area contributed by atoms with Gasteiger partial charge in [-0.25, -0.2) is 4.79 Å². The molecule has 1 amide bonds. The zero-order valence-electron chi connectivity index (χ0n) is 22.4. The number of ether oxygens (including phenoxy) is 1. The summed E-state index contributed by atoms with van der Waals surface area (Å²) in [6, 6.07) is 10.7. The first-order valence-electron chi connectivity index (χ1n) is 12.6. The predicted octanol–water partition coefficient (Wildman–Crippen LogP) is 2.89.